The SMILES string of the molecule is COc1cc(OC2CCN(C)CC2)ccc1-c1nc2c(c(C3CCCCC3)nn2C)c(=O)[nH]1. The van der Waals surface area contributed by atoms with Crippen LogP contribution in [0.2, 0.25) is 0 Å². The monoisotopic (exact) mass is 451 g/mol. The number of aryl methyl sites for hydroxylation is 1. The van der Waals surface area contributed by atoms with Gasteiger partial charge < -0.3 is 19.4 Å². The number of hydrogen-bond acceptors (Lipinski definition) is 6. The molecule has 1 saturated heterocycles. The number of nitrogens with zero attached hydrogens (tertiary/aromatic N) is 4. The largest absolute Gasteiger partial charge is 0.496 e. The first-order chi connectivity index (χ1) is 16.0. The molecule has 176 valence electrons. The van der Waals surface area contributed by atoms with Gasteiger partial charge in [-0.25, -0.2) is 9.67 Å². The van der Waals surface area contributed by atoms with Crippen LogP contribution < -0.4 is 15.0 Å². The number of methoxy groups -OCH3 is 1. The number of benzene rings is 1. The van der Waals surface area contributed by atoms with Crippen LogP contribution in [0.3, 0.4) is 0 Å². The minimum atomic E-state index is -0.141. The molecule has 1 saturated carbocycles. The van der Waals surface area contributed by atoms with Crippen molar-refractivity contribution in [3.05, 3.63) is 34.2 Å². The van der Waals surface area contributed by atoms with Crippen molar-refractivity contribution < 1.29 is 9.47 Å². The summed E-state index contributed by atoms with van der Waals surface area (Å²) in [6.07, 6.45) is 8.03. The third kappa shape index (κ3) is 4.36. The van der Waals surface area contributed by atoms with Crippen LogP contribution in [-0.2, 0) is 7.05 Å². The first-order valence-electron chi connectivity index (χ1n) is 12.0. The van der Waals surface area contributed by atoms with E-state index in [0.29, 0.717) is 28.5 Å². The van der Waals surface area contributed by atoms with E-state index < -0.39 is 0 Å². The molecule has 1 aliphatic carbocycles. The van der Waals surface area contributed by atoms with Gasteiger partial charge in [0.05, 0.1) is 18.4 Å². The average Bonchev–Trinajstić information content (AvgIpc) is 3.18. The fraction of sp³-hybridized carbons (Fsp3) is 0.560. The van der Waals surface area contributed by atoms with Crippen LogP contribution in [0.15, 0.2) is 23.0 Å². The first-order valence-corrected chi connectivity index (χ1v) is 12.0. The van der Waals surface area contributed by atoms with Crippen molar-refractivity contribution in [1.29, 1.82) is 0 Å². The molecule has 33 heavy (non-hydrogen) atoms. The molecule has 8 heteroatoms. The van der Waals surface area contributed by atoms with Crippen molar-refractivity contribution in [3.63, 3.8) is 0 Å². The Bertz CT molecular complexity index is 1190. The molecule has 2 aliphatic rings. The van der Waals surface area contributed by atoms with Gasteiger partial charge in [-0.3, -0.25) is 4.79 Å². The van der Waals surface area contributed by atoms with Gasteiger partial charge in [-0.2, -0.15) is 5.10 Å². The van der Waals surface area contributed by atoms with E-state index >= 15 is 0 Å². The Balaban J connectivity index is 1.47. The third-order valence-corrected chi connectivity index (χ3v) is 7.11. The summed E-state index contributed by atoms with van der Waals surface area (Å²) in [4.78, 5) is 23.3. The van der Waals surface area contributed by atoms with Gasteiger partial charge in [0.15, 0.2) is 5.65 Å². The maximum absolute atomic E-state index is 13.2. The van der Waals surface area contributed by atoms with E-state index in [4.69, 9.17) is 19.6 Å². The Labute approximate surface area is 193 Å². The molecular formula is C25H33N5O3. The molecule has 1 aromatic carbocycles. The zero-order chi connectivity index (χ0) is 22.9. The second kappa shape index (κ2) is 9.17. The summed E-state index contributed by atoms with van der Waals surface area (Å²) in [6, 6.07) is 5.72. The van der Waals surface area contributed by atoms with Crippen LogP contribution in [-0.4, -0.2) is 58.0 Å². The smallest absolute Gasteiger partial charge is 0.262 e. The Morgan fingerprint density at radius 2 is 1.82 bits per heavy atom. The number of ether oxygens (including phenoxy) is 2. The molecule has 0 atom stereocenters. The topological polar surface area (TPSA) is 85.3 Å². The number of fused-ring (bicyclic) bond motifs is 1. The van der Waals surface area contributed by atoms with Gasteiger partial charge in [-0.1, -0.05) is 19.3 Å². The molecule has 2 aromatic heterocycles. The van der Waals surface area contributed by atoms with Gasteiger partial charge >= 0.3 is 0 Å². The molecule has 0 bridgehead atoms. The van der Waals surface area contributed by atoms with Gasteiger partial charge in [-0.05, 0) is 44.9 Å². The van der Waals surface area contributed by atoms with Crippen molar-refractivity contribution in [2.75, 3.05) is 27.2 Å². The summed E-state index contributed by atoms with van der Waals surface area (Å²) in [5, 5.41) is 5.34. The fourth-order valence-corrected chi connectivity index (χ4v) is 5.21. The van der Waals surface area contributed by atoms with Crippen LogP contribution in [0.4, 0.5) is 0 Å². The lowest BCUT2D eigenvalue weighted by Gasteiger charge is -2.29. The number of likely N-dealkylation sites (tertiary alicyclic amines) is 1. The molecule has 0 spiro atoms. The fourth-order valence-electron chi connectivity index (χ4n) is 5.21. The molecule has 3 heterocycles. The molecule has 8 nitrogen and oxygen atoms in total. The second-order valence-electron chi connectivity index (χ2n) is 9.44. The summed E-state index contributed by atoms with van der Waals surface area (Å²) in [6.45, 7) is 2.08. The molecule has 2 fully saturated rings. The molecule has 1 aliphatic heterocycles. The van der Waals surface area contributed by atoms with Crippen LogP contribution in [0.25, 0.3) is 22.4 Å². The first kappa shape index (κ1) is 21.9. The van der Waals surface area contributed by atoms with Gasteiger partial charge in [-0.15, -0.1) is 0 Å². The summed E-state index contributed by atoms with van der Waals surface area (Å²) in [7, 11) is 5.62. The predicted molar refractivity (Wildman–Crippen MR) is 128 cm³/mol. The third-order valence-electron chi connectivity index (χ3n) is 7.11. The maximum Gasteiger partial charge on any atom is 0.262 e. The number of piperidine rings is 1. The number of rotatable bonds is 5. The lowest BCUT2D eigenvalue weighted by Crippen LogP contribution is -2.35. The van der Waals surface area contributed by atoms with Crippen molar-refractivity contribution in [1.82, 2.24) is 24.6 Å². The summed E-state index contributed by atoms with van der Waals surface area (Å²) < 4.78 is 13.6. The highest BCUT2D eigenvalue weighted by atomic mass is 16.5. The number of aromatic amines is 1. The van der Waals surface area contributed by atoms with E-state index in [1.165, 1.54) is 19.3 Å². The second-order valence-corrected chi connectivity index (χ2v) is 9.44. The van der Waals surface area contributed by atoms with Crippen molar-refractivity contribution in [2.45, 2.75) is 57.0 Å². The lowest BCUT2D eigenvalue weighted by atomic mass is 9.86. The number of aromatic nitrogens is 4. The lowest BCUT2D eigenvalue weighted by molar-refractivity contribution is 0.114. The molecule has 0 amide bonds. The highest BCUT2D eigenvalue weighted by Gasteiger charge is 2.25. The van der Waals surface area contributed by atoms with Crippen molar-refractivity contribution in [2.24, 2.45) is 7.05 Å². The standard InChI is InChI=1S/C25H33N5O3/c1-29-13-11-17(12-14-29)33-18-9-10-19(20(15-18)32-3)23-26-24-21(25(31)27-23)22(28-30(24)2)16-7-5-4-6-8-16/h9-10,15-17H,4-8,11-14H2,1-3H3,(H,26,27,31). The van der Waals surface area contributed by atoms with Crippen LogP contribution in [0.5, 0.6) is 11.5 Å². The number of hydrogen-bond donors (Lipinski definition) is 1. The molecule has 0 unspecified atom stereocenters. The zero-order valence-corrected chi connectivity index (χ0v) is 19.8. The van der Waals surface area contributed by atoms with E-state index in [1.54, 1.807) is 11.8 Å². The average molecular weight is 452 g/mol. The van der Waals surface area contributed by atoms with E-state index in [2.05, 4.69) is 16.9 Å². The number of H-pyrrole nitrogens is 1. The molecule has 0 radical (unpaired) electrons. The van der Waals surface area contributed by atoms with E-state index in [9.17, 15) is 4.79 Å². The van der Waals surface area contributed by atoms with Crippen molar-refractivity contribution >= 4 is 11.0 Å². The van der Waals surface area contributed by atoms with E-state index in [0.717, 1.165) is 55.8 Å². The zero-order valence-electron chi connectivity index (χ0n) is 19.8. The summed E-state index contributed by atoms with van der Waals surface area (Å²) >= 11 is 0. The van der Waals surface area contributed by atoms with Crippen molar-refractivity contribution in [3.8, 4) is 22.9 Å². The van der Waals surface area contributed by atoms with E-state index in [-0.39, 0.29) is 11.7 Å². The Kier molecular flexibility index (Phi) is 6.10. The minimum absolute atomic E-state index is 0.141. The quantitative estimate of drug-likeness (QED) is 0.634. The Morgan fingerprint density at radius 3 is 2.55 bits per heavy atom. The van der Waals surface area contributed by atoms with Crippen LogP contribution in [0, 0.1) is 0 Å². The maximum atomic E-state index is 13.2. The molecule has 1 N–H and O–H groups in total. The molecule has 3 aromatic rings. The molecular weight excluding hydrogens is 418 g/mol. The normalized spacial score (nSPS) is 18.6. The van der Waals surface area contributed by atoms with Gasteiger partial charge in [0.2, 0.25) is 0 Å². The predicted octanol–water partition coefficient (Wildman–Crippen LogP) is 3.85. The highest BCUT2D eigenvalue weighted by molar-refractivity contribution is 5.80. The summed E-state index contributed by atoms with van der Waals surface area (Å²) in [5.74, 6) is 2.21. The Hall–Kier alpha value is -2.87. The minimum Gasteiger partial charge on any atom is -0.496 e. The highest BCUT2D eigenvalue weighted by Crippen LogP contribution is 2.36. The van der Waals surface area contributed by atoms with Crippen LogP contribution in [0.1, 0.15) is 56.6 Å². The van der Waals surface area contributed by atoms with Crippen LogP contribution >= 0.6 is 0 Å². The van der Waals surface area contributed by atoms with Gasteiger partial charge in [0.1, 0.15) is 28.8 Å². The number of nitrogens with one attached hydrogen (secondary N) is 1. The van der Waals surface area contributed by atoms with Gasteiger partial charge in [0, 0.05) is 32.1 Å². The Morgan fingerprint density at radius 1 is 1.06 bits per heavy atom. The van der Waals surface area contributed by atoms with E-state index in [1.807, 2.05) is 25.2 Å². The molecule has 5 rings (SSSR count). The summed E-state index contributed by atoms with van der Waals surface area (Å²) in [5.41, 5.74) is 2.09. The van der Waals surface area contributed by atoms with Gasteiger partial charge in [0.25, 0.3) is 5.56 Å².